The molecule has 0 aliphatic rings. The van der Waals surface area contributed by atoms with Crippen molar-refractivity contribution in [1.29, 1.82) is 0 Å². The minimum atomic E-state index is -1.09. The Labute approximate surface area is 264 Å². The van der Waals surface area contributed by atoms with E-state index in [0.29, 0.717) is 19.3 Å². The topological polar surface area (TPSA) is 186 Å². The van der Waals surface area contributed by atoms with Gasteiger partial charge in [0.1, 0.15) is 18.1 Å². The van der Waals surface area contributed by atoms with Crippen LogP contribution in [0.5, 0.6) is 0 Å². The zero-order chi connectivity index (χ0) is 26.1. The van der Waals surface area contributed by atoms with Gasteiger partial charge in [-0.05, 0) is 46.5 Å². The van der Waals surface area contributed by atoms with E-state index in [4.69, 9.17) is 15.2 Å². The molecule has 0 fully saturated rings. The van der Waals surface area contributed by atoms with Crippen molar-refractivity contribution in [3.63, 3.8) is 0 Å². The molecule has 0 rings (SSSR count). The molecule has 0 aromatic rings. The van der Waals surface area contributed by atoms with Gasteiger partial charge in [-0.2, -0.15) is 0 Å². The Morgan fingerprint density at radius 1 is 0.892 bits per heavy atom. The first-order chi connectivity index (χ1) is 16.1. The van der Waals surface area contributed by atoms with E-state index in [2.05, 4.69) is 22.9 Å². The van der Waals surface area contributed by atoms with Crippen molar-refractivity contribution in [1.82, 2.24) is 16.0 Å². The molecule has 4 atom stereocenters. The molecule has 212 valence electrons. The van der Waals surface area contributed by atoms with Gasteiger partial charge in [0.05, 0.1) is 25.9 Å². The van der Waals surface area contributed by atoms with Gasteiger partial charge in [0, 0.05) is 6.42 Å². The number of amides is 3. The van der Waals surface area contributed by atoms with E-state index in [1.165, 1.54) is 6.92 Å². The molecular formula is C24H45KN4O8-2. The van der Waals surface area contributed by atoms with Crippen LogP contribution in [0.3, 0.4) is 0 Å². The third kappa shape index (κ3) is 19.6. The fourth-order valence-electron chi connectivity index (χ4n) is 2.90. The second kappa shape index (κ2) is 25.2. The van der Waals surface area contributed by atoms with E-state index in [1.807, 2.05) is 0 Å². The Morgan fingerprint density at radius 2 is 1.46 bits per heavy atom. The fourth-order valence-corrected chi connectivity index (χ4v) is 2.90. The molecular weight excluding hydrogens is 511 g/mol. The smallest absolute Gasteiger partial charge is 0.465 e. The van der Waals surface area contributed by atoms with Crippen LogP contribution in [0, 0.1) is 21.8 Å². The minimum Gasteiger partial charge on any atom is -0.465 e. The van der Waals surface area contributed by atoms with Crippen LogP contribution in [0.25, 0.3) is 0 Å². The number of carbonyl (C=O) groups is 5. The molecule has 12 nitrogen and oxygen atoms in total. The first-order valence-corrected chi connectivity index (χ1v) is 11.5. The number of aliphatic hydroxyl groups excluding tert-OH is 1. The van der Waals surface area contributed by atoms with Gasteiger partial charge < -0.3 is 58.0 Å². The van der Waals surface area contributed by atoms with Crippen molar-refractivity contribution >= 4 is 29.7 Å². The standard InChI is InChI=1S/C22H39N4O8.2CH3.K/c1-5-18(28)24-14(4)20(30)26-17(22(32)34-7-3)11-12-19(29)25-15(13-27)9-8-10-16(23)21(31)33-6-2;;;/h14-17,27H,1,5-13,23H2,2-4H3,(H,24,28)(H,25,29)(H,26,30);2*1H3;/q3*-1;+1. The number of rotatable bonds is 17. The molecule has 0 aliphatic carbocycles. The summed E-state index contributed by atoms with van der Waals surface area (Å²) in [5.74, 6) is -2.67. The Bertz CT molecular complexity index is 681. The summed E-state index contributed by atoms with van der Waals surface area (Å²) in [4.78, 5) is 59.8. The summed E-state index contributed by atoms with van der Waals surface area (Å²) in [7, 11) is 0. The number of ether oxygens (including phenoxy) is 2. The molecule has 0 saturated heterocycles. The van der Waals surface area contributed by atoms with Gasteiger partial charge in [-0.1, -0.05) is 0 Å². The summed E-state index contributed by atoms with van der Waals surface area (Å²) in [5, 5.41) is 17.1. The maximum absolute atomic E-state index is 12.3. The van der Waals surface area contributed by atoms with Crippen LogP contribution in [0.2, 0.25) is 0 Å². The molecule has 0 spiro atoms. The van der Waals surface area contributed by atoms with Crippen molar-refractivity contribution in [2.45, 2.75) is 83.5 Å². The summed E-state index contributed by atoms with van der Waals surface area (Å²) in [6.45, 7) is 8.18. The number of nitrogens with one attached hydrogen (secondary N) is 3. The van der Waals surface area contributed by atoms with Crippen LogP contribution in [0.15, 0.2) is 0 Å². The maximum Gasteiger partial charge on any atom is 1.00 e. The van der Waals surface area contributed by atoms with Crippen molar-refractivity contribution in [2.24, 2.45) is 5.73 Å². The predicted octanol–water partition coefficient (Wildman–Crippen LogP) is -3.01. The summed E-state index contributed by atoms with van der Waals surface area (Å²) in [6.07, 6.45) is 0.992. The SMILES string of the molecule is [CH2-]CC(=O)NC(C)C(=O)NC(CCC(=O)NC(CO)CCCC(N)C(=O)OCC)C(=O)OCC.[CH3-].[CH3-].[K+]. The Morgan fingerprint density at radius 3 is 1.97 bits per heavy atom. The van der Waals surface area contributed by atoms with E-state index in [1.54, 1.807) is 13.8 Å². The number of nitrogens with two attached hydrogens (primary N) is 1. The van der Waals surface area contributed by atoms with E-state index in [0.717, 1.165) is 0 Å². The van der Waals surface area contributed by atoms with Gasteiger partial charge in [-0.25, -0.2) is 4.79 Å². The number of esters is 2. The van der Waals surface area contributed by atoms with Crippen LogP contribution >= 0.6 is 0 Å². The first-order valence-electron chi connectivity index (χ1n) is 11.5. The van der Waals surface area contributed by atoms with E-state index in [9.17, 15) is 29.1 Å². The van der Waals surface area contributed by atoms with Crippen molar-refractivity contribution in [3.8, 4) is 0 Å². The van der Waals surface area contributed by atoms with Gasteiger partial charge in [0.2, 0.25) is 11.8 Å². The van der Waals surface area contributed by atoms with Crippen LogP contribution in [0.4, 0.5) is 0 Å². The molecule has 37 heavy (non-hydrogen) atoms. The van der Waals surface area contributed by atoms with Gasteiger partial charge in [0.25, 0.3) is 0 Å². The molecule has 0 heterocycles. The summed E-state index contributed by atoms with van der Waals surface area (Å²) < 4.78 is 9.80. The molecule has 0 aromatic heterocycles. The molecule has 0 aromatic carbocycles. The second-order valence-corrected chi connectivity index (χ2v) is 7.63. The first kappa shape index (κ1) is 43.0. The Balaban J connectivity index is -0.00000181. The average Bonchev–Trinajstić information content (AvgIpc) is 2.80. The van der Waals surface area contributed by atoms with Crippen LogP contribution in [0.1, 0.15) is 59.3 Å². The fraction of sp³-hybridized carbons (Fsp3) is 0.667. The van der Waals surface area contributed by atoms with Crippen molar-refractivity contribution < 1.29 is 89.9 Å². The predicted molar refractivity (Wildman–Crippen MR) is 136 cm³/mol. The van der Waals surface area contributed by atoms with Crippen LogP contribution in [-0.4, -0.2) is 78.8 Å². The number of carbonyl (C=O) groups excluding carboxylic acids is 5. The molecule has 6 N–H and O–H groups in total. The summed E-state index contributed by atoms with van der Waals surface area (Å²) in [5.41, 5.74) is 5.73. The Hall–Kier alpha value is -1.09. The molecule has 0 bridgehead atoms. The quantitative estimate of drug-likeness (QED) is 0.0706. The largest absolute Gasteiger partial charge is 1.00 e. The van der Waals surface area contributed by atoms with Crippen molar-refractivity contribution in [3.05, 3.63) is 21.8 Å². The molecule has 0 aliphatic heterocycles. The normalized spacial score (nSPS) is 13.0. The van der Waals surface area contributed by atoms with E-state index < -0.39 is 53.8 Å². The van der Waals surface area contributed by atoms with Gasteiger partial charge in [0.15, 0.2) is 5.91 Å². The van der Waals surface area contributed by atoms with Crippen LogP contribution in [-0.2, 0) is 33.4 Å². The van der Waals surface area contributed by atoms with Crippen LogP contribution < -0.4 is 73.1 Å². The third-order valence-electron chi connectivity index (χ3n) is 4.79. The second-order valence-electron chi connectivity index (χ2n) is 7.63. The third-order valence-corrected chi connectivity index (χ3v) is 4.79. The zero-order valence-corrected chi connectivity index (χ0v) is 26.4. The number of hydrogen-bond donors (Lipinski definition) is 5. The minimum absolute atomic E-state index is 0. The van der Waals surface area contributed by atoms with Gasteiger partial charge in [-0.15, -0.1) is 6.42 Å². The average molecular weight is 557 g/mol. The van der Waals surface area contributed by atoms with E-state index >= 15 is 0 Å². The summed E-state index contributed by atoms with van der Waals surface area (Å²) >= 11 is 0. The summed E-state index contributed by atoms with van der Waals surface area (Å²) in [6, 6.07) is -3.33. The van der Waals surface area contributed by atoms with Gasteiger partial charge >= 0.3 is 63.3 Å². The van der Waals surface area contributed by atoms with Gasteiger partial charge in [-0.3, -0.25) is 19.2 Å². The Kier molecular flexibility index (Phi) is 29.3. The molecule has 3 amide bonds. The molecule has 0 radical (unpaired) electrons. The molecule has 13 heteroatoms. The molecule has 4 unspecified atom stereocenters. The molecule has 0 saturated carbocycles. The van der Waals surface area contributed by atoms with Crippen molar-refractivity contribution in [2.75, 3.05) is 19.8 Å². The van der Waals surface area contributed by atoms with E-state index in [-0.39, 0.29) is 105 Å². The zero-order valence-electron chi connectivity index (χ0n) is 23.3. The number of aliphatic hydroxyl groups is 1. The number of hydrogen-bond acceptors (Lipinski definition) is 9. The monoisotopic (exact) mass is 556 g/mol. The maximum atomic E-state index is 12.3.